The highest BCUT2D eigenvalue weighted by atomic mass is 16.3. The Kier molecular flexibility index (Phi) is 2.41. The summed E-state index contributed by atoms with van der Waals surface area (Å²) in [5.41, 5.74) is 2.77. The fraction of sp³-hybridized carbons (Fsp3) is 0.625. The molecule has 2 heteroatoms. The van der Waals surface area contributed by atoms with Crippen molar-refractivity contribution in [1.29, 1.82) is 0 Å². The number of rotatable bonds is 2. The van der Waals surface area contributed by atoms with Crippen molar-refractivity contribution in [2.75, 3.05) is 0 Å². The van der Waals surface area contributed by atoms with E-state index < -0.39 is 0 Å². The maximum atomic E-state index is 9.53. The molecular weight excluding hydrogens is 222 g/mol. The maximum absolute atomic E-state index is 9.53. The number of benzene rings is 1. The fourth-order valence-corrected chi connectivity index (χ4v) is 4.48. The van der Waals surface area contributed by atoms with Crippen molar-refractivity contribution >= 4 is 0 Å². The van der Waals surface area contributed by atoms with Crippen molar-refractivity contribution < 1.29 is 5.11 Å². The number of hydrogen-bond donors (Lipinski definition) is 2. The first-order valence-electron chi connectivity index (χ1n) is 7.37. The molecule has 2 nitrogen and oxygen atoms in total. The highest BCUT2D eigenvalue weighted by Gasteiger charge is 2.40. The van der Waals surface area contributed by atoms with Gasteiger partial charge in [-0.3, -0.25) is 0 Å². The van der Waals surface area contributed by atoms with Crippen LogP contribution in [0.1, 0.15) is 49.3 Å². The number of phenols is 1. The minimum Gasteiger partial charge on any atom is -0.508 e. The second-order valence-electron chi connectivity index (χ2n) is 6.42. The molecule has 3 aliphatic carbocycles. The molecule has 2 saturated carbocycles. The average molecular weight is 243 g/mol. The summed E-state index contributed by atoms with van der Waals surface area (Å²) in [6, 6.07) is 7.18. The summed E-state index contributed by atoms with van der Waals surface area (Å²) in [6.45, 7) is 0. The lowest BCUT2D eigenvalue weighted by Gasteiger charge is -2.27. The molecule has 2 N–H and O–H groups in total. The molecule has 4 unspecified atom stereocenters. The first-order valence-corrected chi connectivity index (χ1v) is 7.37. The maximum Gasteiger partial charge on any atom is 0.115 e. The molecule has 0 radical (unpaired) electrons. The summed E-state index contributed by atoms with van der Waals surface area (Å²) in [6.07, 6.45) is 8.09. The van der Waals surface area contributed by atoms with Crippen LogP contribution in [-0.2, 0) is 6.42 Å². The molecule has 96 valence electrons. The van der Waals surface area contributed by atoms with Crippen molar-refractivity contribution in [3.05, 3.63) is 29.3 Å². The van der Waals surface area contributed by atoms with Crippen LogP contribution in [0, 0.1) is 11.8 Å². The third-order valence-electron chi connectivity index (χ3n) is 5.36. The summed E-state index contributed by atoms with van der Waals surface area (Å²) in [5, 5.41) is 13.4. The summed E-state index contributed by atoms with van der Waals surface area (Å²) in [5.74, 6) is 2.36. The number of aromatic hydroxyl groups is 1. The first kappa shape index (κ1) is 10.9. The molecule has 0 aliphatic heterocycles. The van der Waals surface area contributed by atoms with Crippen LogP contribution in [0.2, 0.25) is 0 Å². The molecular formula is C16H21NO. The summed E-state index contributed by atoms with van der Waals surface area (Å²) in [4.78, 5) is 0. The van der Waals surface area contributed by atoms with E-state index in [-0.39, 0.29) is 0 Å². The predicted octanol–water partition coefficient (Wildman–Crippen LogP) is 3.16. The Balaban J connectivity index is 1.51. The molecule has 2 fully saturated rings. The molecule has 4 atom stereocenters. The van der Waals surface area contributed by atoms with Gasteiger partial charge in [0, 0.05) is 12.1 Å². The predicted molar refractivity (Wildman–Crippen MR) is 71.5 cm³/mol. The van der Waals surface area contributed by atoms with E-state index >= 15 is 0 Å². The highest BCUT2D eigenvalue weighted by molar-refractivity contribution is 5.40. The lowest BCUT2D eigenvalue weighted by atomic mass is 9.94. The Labute approximate surface area is 108 Å². The van der Waals surface area contributed by atoms with E-state index in [0.29, 0.717) is 11.8 Å². The van der Waals surface area contributed by atoms with Crippen molar-refractivity contribution in [1.82, 2.24) is 5.32 Å². The molecule has 1 aromatic rings. The van der Waals surface area contributed by atoms with Gasteiger partial charge in [0.1, 0.15) is 5.75 Å². The lowest BCUT2D eigenvalue weighted by molar-refractivity contribution is 0.318. The van der Waals surface area contributed by atoms with Crippen LogP contribution in [0.15, 0.2) is 18.2 Å². The van der Waals surface area contributed by atoms with Gasteiger partial charge < -0.3 is 10.4 Å². The van der Waals surface area contributed by atoms with Crippen LogP contribution < -0.4 is 5.32 Å². The lowest BCUT2D eigenvalue weighted by Crippen LogP contribution is -2.36. The monoisotopic (exact) mass is 243 g/mol. The van der Waals surface area contributed by atoms with Crippen LogP contribution in [-0.4, -0.2) is 11.1 Å². The van der Waals surface area contributed by atoms with E-state index in [1.54, 1.807) is 0 Å². The zero-order valence-corrected chi connectivity index (χ0v) is 10.7. The van der Waals surface area contributed by atoms with Crippen LogP contribution in [0.4, 0.5) is 0 Å². The molecule has 0 amide bonds. The molecule has 3 aliphatic rings. The third-order valence-corrected chi connectivity index (χ3v) is 5.36. The van der Waals surface area contributed by atoms with Gasteiger partial charge in [0.2, 0.25) is 0 Å². The minimum absolute atomic E-state index is 0.411. The molecule has 0 aromatic heterocycles. The number of aryl methyl sites for hydroxylation is 1. The van der Waals surface area contributed by atoms with E-state index in [4.69, 9.17) is 0 Å². The van der Waals surface area contributed by atoms with Crippen LogP contribution in [0.5, 0.6) is 5.75 Å². The molecule has 18 heavy (non-hydrogen) atoms. The van der Waals surface area contributed by atoms with Crippen molar-refractivity contribution in [2.24, 2.45) is 11.8 Å². The Morgan fingerprint density at radius 2 is 2.06 bits per heavy atom. The summed E-state index contributed by atoms with van der Waals surface area (Å²) in [7, 11) is 0. The normalized spacial score (nSPS) is 37.1. The van der Waals surface area contributed by atoms with Crippen molar-refractivity contribution in [3.63, 3.8) is 0 Å². The SMILES string of the molecule is Oc1ccc2c(c1)CCC2NC1CC2CCC1C2. The fourth-order valence-electron chi connectivity index (χ4n) is 4.48. The number of nitrogens with one attached hydrogen (secondary N) is 1. The van der Waals surface area contributed by atoms with Gasteiger partial charge in [0.15, 0.2) is 0 Å². The largest absolute Gasteiger partial charge is 0.508 e. The standard InChI is InChI=1S/C16H21NO/c18-13-4-5-14-11(9-13)3-6-15(14)17-16-8-10-1-2-12(16)7-10/h4-5,9-10,12,15-18H,1-3,6-8H2. The van der Waals surface area contributed by atoms with Crippen LogP contribution in [0.25, 0.3) is 0 Å². The zero-order chi connectivity index (χ0) is 12.1. The Bertz CT molecular complexity index is 470. The topological polar surface area (TPSA) is 32.3 Å². The van der Waals surface area contributed by atoms with Gasteiger partial charge in [-0.15, -0.1) is 0 Å². The quantitative estimate of drug-likeness (QED) is 0.836. The van der Waals surface area contributed by atoms with Gasteiger partial charge in [0.25, 0.3) is 0 Å². The van der Waals surface area contributed by atoms with E-state index in [9.17, 15) is 5.11 Å². The van der Waals surface area contributed by atoms with Gasteiger partial charge in [0.05, 0.1) is 0 Å². The van der Waals surface area contributed by atoms with E-state index in [1.807, 2.05) is 12.1 Å². The molecule has 1 aromatic carbocycles. The average Bonchev–Trinajstić information content (AvgIpc) is 3.04. The van der Waals surface area contributed by atoms with Gasteiger partial charge in [-0.25, -0.2) is 0 Å². The smallest absolute Gasteiger partial charge is 0.115 e. The molecule has 0 heterocycles. The Morgan fingerprint density at radius 3 is 2.83 bits per heavy atom. The van der Waals surface area contributed by atoms with Crippen molar-refractivity contribution in [2.45, 2.75) is 50.6 Å². The molecule has 2 bridgehead atoms. The zero-order valence-electron chi connectivity index (χ0n) is 10.7. The second-order valence-corrected chi connectivity index (χ2v) is 6.42. The van der Waals surface area contributed by atoms with Gasteiger partial charge in [-0.1, -0.05) is 12.5 Å². The number of fused-ring (bicyclic) bond motifs is 3. The minimum atomic E-state index is 0.411. The number of hydrogen-bond acceptors (Lipinski definition) is 2. The van der Waals surface area contributed by atoms with Gasteiger partial charge in [-0.05, 0) is 67.2 Å². The van der Waals surface area contributed by atoms with Crippen LogP contribution in [0.3, 0.4) is 0 Å². The van der Waals surface area contributed by atoms with E-state index in [0.717, 1.165) is 24.3 Å². The van der Waals surface area contributed by atoms with E-state index in [2.05, 4.69) is 11.4 Å². The third kappa shape index (κ3) is 1.66. The highest BCUT2D eigenvalue weighted by Crippen LogP contribution is 2.46. The summed E-state index contributed by atoms with van der Waals surface area (Å²) >= 11 is 0. The molecule has 0 saturated heterocycles. The van der Waals surface area contributed by atoms with Crippen LogP contribution >= 0.6 is 0 Å². The Morgan fingerprint density at radius 1 is 1.11 bits per heavy atom. The summed E-state index contributed by atoms with van der Waals surface area (Å²) < 4.78 is 0. The van der Waals surface area contributed by atoms with E-state index in [1.165, 1.54) is 43.2 Å². The Hall–Kier alpha value is -1.02. The van der Waals surface area contributed by atoms with Crippen molar-refractivity contribution in [3.8, 4) is 5.75 Å². The molecule has 0 spiro atoms. The second kappa shape index (κ2) is 3.99. The van der Waals surface area contributed by atoms with Gasteiger partial charge in [-0.2, -0.15) is 0 Å². The molecule has 4 rings (SSSR count). The number of phenolic OH excluding ortho intramolecular Hbond substituents is 1. The first-order chi connectivity index (χ1) is 8.79. The van der Waals surface area contributed by atoms with Gasteiger partial charge >= 0.3 is 0 Å².